The van der Waals surface area contributed by atoms with E-state index in [1.54, 1.807) is 0 Å². The summed E-state index contributed by atoms with van der Waals surface area (Å²) in [6.07, 6.45) is -4.60. The van der Waals surface area contributed by atoms with E-state index in [4.69, 9.17) is 5.11 Å². The van der Waals surface area contributed by atoms with Crippen LogP contribution in [0, 0.1) is 0 Å². The number of carbonyl (C=O) groups is 2. The summed E-state index contributed by atoms with van der Waals surface area (Å²) in [7, 11) is 0. The summed E-state index contributed by atoms with van der Waals surface area (Å²) in [5, 5.41) is 8.88. The Labute approximate surface area is 101 Å². The van der Waals surface area contributed by atoms with Crippen molar-refractivity contribution in [3.63, 3.8) is 0 Å². The Balaban J connectivity index is 3.22. The number of alkyl halides is 3. The Morgan fingerprint density at radius 2 is 1.83 bits per heavy atom. The quantitative estimate of drug-likeness (QED) is 0.908. The van der Waals surface area contributed by atoms with Gasteiger partial charge in [-0.2, -0.15) is 13.2 Å². The van der Waals surface area contributed by atoms with Gasteiger partial charge in [0.2, 0.25) is 5.91 Å². The highest BCUT2D eigenvalue weighted by molar-refractivity contribution is 6.01. The molecule has 98 valence electrons. The van der Waals surface area contributed by atoms with Crippen LogP contribution in [0.3, 0.4) is 0 Å². The lowest BCUT2D eigenvalue weighted by atomic mass is 10.1. The molecule has 0 spiro atoms. The van der Waals surface area contributed by atoms with Crippen LogP contribution in [0.25, 0.3) is 0 Å². The fraction of sp³-hybridized carbons (Fsp3) is 0.273. The van der Waals surface area contributed by atoms with Gasteiger partial charge in [-0.25, -0.2) is 4.79 Å². The maximum absolute atomic E-state index is 12.3. The van der Waals surface area contributed by atoms with Gasteiger partial charge in [-0.15, -0.1) is 0 Å². The minimum absolute atomic E-state index is 0.269. The number of halogens is 3. The number of rotatable bonds is 3. The van der Waals surface area contributed by atoms with E-state index in [0.717, 1.165) is 19.1 Å². The molecule has 0 fully saturated rings. The summed E-state index contributed by atoms with van der Waals surface area (Å²) in [4.78, 5) is 22.5. The summed E-state index contributed by atoms with van der Waals surface area (Å²) in [5.41, 5.74) is -0.619. The number of aromatic carboxylic acids is 1. The molecule has 0 saturated carbocycles. The first-order chi connectivity index (χ1) is 8.22. The largest absolute Gasteiger partial charge is 0.478 e. The molecule has 7 heteroatoms. The number of carbonyl (C=O) groups excluding carboxylic acids is 1. The third kappa shape index (κ3) is 3.47. The SMILES string of the molecule is CC(=O)N(CC(F)(F)F)c1ccccc1C(=O)O. The number of benzene rings is 1. The van der Waals surface area contributed by atoms with Gasteiger partial charge in [-0.3, -0.25) is 4.79 Å². The fourth-order valence-electron chi connectivity index (χ4n) is 1.44. The average molecular weight is 261 g/mol. The summed E-state index contributed by atoms with van der Waals surface area (Å²) in [5.74, 6) is -2.26. The molecule has 0 aliphatic heterocycles. The average Bonchev–Trinajstić information content (AvgIpc) is 2.24. The maximum Gasteiger partial charge on any atom is 0.406 e. The first kappa shape index (κ1) is 14.0. The molecular weight excluding hydrogens is 251 g/mol. The van der Waals surface area contributed by atoms with E-state index < -0.39 is 24.6 Å². The van der Waals surface area contributed by atoms with Crippen LogP contribution in [-0.2, 0) is 4.79 Å². The minimum Gasteiger partial charge on any atom is -0.478 e. The zero-order valence-electron chi connectivity index (χ0n) is 9.36. The van der Waals surface area contributed by atoms with Gasteiger partial charge in [0, 0.05) is 6.92 Å². The van der Waals surface area contributed by atoms with Crippen LogP contribution < -0.4 is 4.90 Å². The van der Waals surface area contributed by atoms with Gasteiger partial charge in [-0.1, -0.05) is 12.1 Å². The molecule has 1 rings (SSSR count). The summed E-state index contributed by atoms with van der Waals surface area (Å²) in [6, 6.07) is 5.05. The molecular formula is C11H10F3NO3. The van der Waals surface area contributed by atoms with Crippen molar-refractivity contribution in [3.05, 3.63) is 29.8 Å². The molecule has 0 aromatic heterocycles. The molecule has 0 heterocycles. The molecule has 4 nitrogen and oxygen atoms in total. The predicted octanol–water partition coefficient (Wildman–Crippen LogP) is 2.30. The zero-order chi connectivity index (χ0) is 13.9. The second-order valence-electron chi connectivity index (χ2n) is 3.54. The lowest BCUT2D eigenvalue weighted by Gasteiger charge is -2.23. The molecule has 1 aromatic rings. The fourth-order valence-corrected chi connectivity index (χ4v) is 1.44. The number of hydrogen-bond donors (Lipinski definition) is 1. The van der Waals surface area contributed by atoms with Crippen molar-refractivity contribution < 1.29 is 27.9 Å². The number of para-hydroxylation sites is 1. The maximum atomic E-state index is 12.3. The van der Waals surface area contributed by atoms with Gasteiger partial charge < -0.3 is 10.0 Å². The monoisotopic (exact) mass is 261 g/mol. The van der Waals surface area contributed by atoms with Crippen molar-refractivity contribution in [1.29, 1.82) is 0 Å². The zero-order valence-corrected chi connectivity index (χ0v) is 9.36. The Kier molecular flexibility index (Phi) is 3.95. The van der Waals surface area contributed by atoms with Crippen LogP contribution in [0.1, 0.15) is 17.3 Å². The standard InChI is InChI=1S/C11H10F3NO3/c1-7(16)15(6-11(12,13)14)9-5-3-2-4-8(9)10(17)18/h2-5H,6H2,1H3,(H,17,18). The van der Waals surface area contributed by atoms with Crippen LogP contribution in [0.2, 0.25) is 0 Å². The van der Waals surface area contributed by atoms with Crippen LogP contribution in [0.5, 0.6) is 0 Å². The van der Waals surface area contributed by atoms with E-state index in [9.17, 15) is 22.8 Å². The predicted molar refractivity (Wildman–Crippen MR) is 57.5 cm³/mol. The van der Waals surface area contributed by atoms with Gasteiger partial charge in [-0.05, 0) is 12.1 Å². The molecule has 1 amide bonds. The molecule has 1 aromatic carbocycles. The van der Waals surface area contributed by atoms with Gasteiger partial charge in [0.15, 0.2) is 0 Å². The normalized spacial score (nSPS) is 11.1. The number of carboxylic acids is 1. The number of hydrogen-bond acceptors (Lipinski definition) is 2. The lowest BCUT2D eigenvalue weighted by Crippen LogP contribution is -2.38. The van der Waals surface area contributed by atoms with E-state index in [0.29, 0.717) is 4.90 Å². The van der Waals surface area contributed by atoms with Crippen LogP contribution in [0.4, 0.5) is 18.9 Å². The summed E-state index contributed by atoms with van der Waals surface area (Å²) >= 11 is 0. The van der Waals surface area contributed by atoms with E-state index in [-0.39, 0.29) is 11.3 Å². The number of anilines is 1. The van der Waals surface area contributed by atoms with Crippen molar-refractivity contribution in [2.45, 2.75) is 13.1 Å². The molecule has 0 unspecified atom stereocenters. The van der Waals surface area contributed by atoms with E-state index in [2.05, 4.69) is 0 Å². The van der Waals surface area contributed by atoms with E-state index >= 15 is 0 Å². The van der Waals surface area contributed by atoms with Crippen LogP contribution >= 0.6 is 0 Å². The highest BCUT2D eigenvalue weighted by Crippen LogP contribution is 2.25. The highest BCUT2D eigenvalue weighted by atomic mass is 19.4. The van der Waals surface area contributed by atoms with Gasteiger partial charge >= 0.3 is 12.1 Å². The topological polar surface area (TPSA) is 57.6 Å². The Hall–Kier alpha value is -2.05. The number of amides is 1. The third-order valence-corrected chi connectivity index (χ3v) is 2.14. The van der Waals surface area contributed by atoms with Gasteiger partial charge in [0.1, 0.15) is 6.54 Å². The van der Waals surface area contributed by atoms with Crippen molar-refractivity contribution in [1.82, 2.24) is 0 Å². The molecule has 0 saturated heterocycles. The first-order valence-electron chi connectivity index (χ1n) is 4.89. The molecule has 0 bridgehead atoms. The lowest BCUT2D eigenvalue weighted by molar-refractivity contribution is -0.131. The van der Waals surface area contributed by atoms with E-state index in [1.165, 1.54) is 12.1 Å². The smallest absolute Gasteiger partial charge is 0.406 e. The summed E-state index contributed by atoms with van der Waals surface area (Å²) in [6.45, 7) is -0.572. The third-order valence-electron chi connectivity index (χ3n) is 2.14. The Bertz CT molecular complexity index is 471. The van der Waals surface area contributed by atoms with E-state index in [1.807, 2.05) is 0 Å². The van der Waals surface area contributed by atoms with Crippen molar-refractivity contribution >= 4 is 17.6 Å². The van der Waals surface area contributed by atoms with Crippen LogP contribution in [0.15, 0.2) is 24.3 Å². The highest BCUT2D eigenvalue weighted by Gasteiger charge is 2.34. The molecule has 1 N–H and O–H groups in total. The van der Waals surface area contributed by atoms with Crippen molar-refractivity contribution in [3.8, 4) is 0 Å². The second-order valence-corrected chi connectivity index (χ2v) is 3.54. The molecule has 18 heavy (non-hydrogen) atoms. The number of carboxylic acid groups (broad SMARTS) is 1. The molecule has 0 aliphatic rings. The second kappa shape index (κ2) is 5.07. The molecule has 0 aliphatic carbocycles. The van der Waals surface area contributed by atoms with Gasteiger partial charge in [0.05, 0.1) is 11.3 Å². The Morgan fingerprint density at radius 3 is 2.28 bits per heavy atom. The molecule has 0 radical (unpaired) electrons. The van der Waals surface area contributed by atoms with Crippen molar-refractivity contribution in [2.24, 2.45) is 0 Å². The molecule has 0 atom stereocenters. The minimum atomic E-state index is -4.60. The Morgan fingerprint density at radius 1 is 1.28 bits per heavy atom. The van der Waals surface area contributed by atoms with Gasteiger partial charge in [0.25, 0.3) is 0 Å². The van der Waals surface area contributed by atoms with Crippen LogP contribution in [-0.4, -0.2) is 29.7 Å². The first-order valence-corrected chi connectivity index (χ1v) is 4.89. The summed E-state index contributed by atoms with van der Waals surface area (Å²) < 4.78 is 37.0. The number of nitrogens with zero attached hydrogens (tertiary/aromatic N) is 1. The van der Waals surface area contributed by atoms with Crippen molar-refractivity contribution in [2.75, 3.05) is 11.4 Å².